The Labute approximate surface area is 128 Å². The maximum absolute atomic E-state index is 12.2. The number of nitrogens with two attached hydrogens (primary N) is 1. The van der Waals surface area contributed by atoms with Crippen LogP contribution in [0.5, 0.6) is 0 Å². The van der Waals surface area contributed by atoms with Crippen molar-refractivity contribution in [3.05, 3.63) is 47.4 Å². The van der Waals surface area contributed by atoms with E-state index in [1.165, 1.54) is 11.3 Å². The largest absolute Gasteiger partial charge is 0.398 e. The molecular formula is C11H6Br3NOS. The third kappa shape index (κ3) is 2.81. The quantitative estimate of drug-likeness (QED) is 0.537. The minimum absolute atomic E-state index is 0.0435. The van der Waals surface area contributed by atoms with Gasteiger partial charge in [0.25, 0.3) is 0 Å². The van der Waals surface area contributed by atoms with Gasteiger partial charge in [0, 0.05) is 21.3 Å². The average molecular weight is 440 g/mol. The summed E-state index contributed by atoms with van der Waals surface area (Å²) in [5, 5.41) is 0. The monoisotopic (exact) mass is 437 g/mol. The Bertz CT molecular complexity index is 594. The number of carbonyl (C=O) groups excluding carboxylic acids is 1. The molecule has 1 aromatic heterocycles. The molecule has 0 atom stereocenters. The van der Waals surface area contributed by atoms with Crippen LogP contribution in [0.4, 0.5) is 5.69 Å². The molecule has 2 aromatic rings. The van der Waals surface area contributed by atoms with E-state index in [0.717, 1.165) is 12.0 Å². The maximum Gasteiger partial charge on any atom is 0.195 e. The lowest BCUT2D eigenvalue weighted by atomic mass is 10.1. The van der Waals surface area contributed by atoms with Gasteiger partial charge in [-0.1, -0.05) is 0 Å². The number of hydrogen-bond donors (Lipinski definition) is 1. The van der Waals surface area contributed by atoms with Crippen LogP contribution >= 0.6 is 59.1 Å². The standard InChI is InChI=1S/C11H6Br3NOS/c12-7-2-1-5(3-8(7)15)10(16)6-4-9(13)17-11(6)14/h1-4H,15H2. The number of thiophene rings is 1. The van der Waals surface area contributed by atoms with Gasteiger partial charge < -0.3 is 5.73 Å². The molecule has 0 fully saturated rings. The first-order chi connectivity index (χ1) is 7.99. The van der Waals surface area contributed by atoms with Crippen LogP contribution in [0.25, 0.3) is 0 Å². The molecule has 0 aliphatic heterocycles. The van der Waals surface area contributed by atoms with E-state index < -0.39 is 0 Å². The van der Waals surface area contributed by atoms with Crippen molar-refractivity contribution in [2.24, 2.45) is 0 Å². The Morgan fingerprint density at radius 3 is 2.41 bits per heavy atom. The molecule has 0 spiro atoms. The fraction of sp³-hybridized carbons (Fsp3) is 0. The second-order valence-electron chi connectivity index (χ2n) is 3.30. The van der Waals surface area contributed by atoms with Crippen LogP contribution in [0.15, 0.2) is 36.3 Å². The van der Waals surface area contributed by atoms with Crippen LogP contribution in [-0.4, -0.2) is 5.78 Å². The van der Waals surface area contributed by atoms with Gasteiger partial charge >= 0.3 is 0 Å². The zero-order valence-electron chi connectivity index (χ0n) is 8.34. The maximum atomic E-state index is 12.2. The number of halogens is 3. The summed E-state index contributed by atoms with van der Waals surface area (Å²) in [7, 11) is 0. The number of rotatable bonds is 2. The van der Waals surface area contributed by atoms with E-state index in [-0.39, 0.29) is 5.78 Å². The Hall–Kier alpha value is -0.170. The third-order valence-electron chi connectivity index (χ3n) is 2.16. The smallest absolute Gasteiger partial charge is 0.195 e. The first-order valence-electron chi connectivity index (χ1n) is 4.53. The summed E-state index contributed by atoms with van der Waals surface area (Å²) in [5.74, 6) is -0.0435. The molecule has 0 aliphatic carbocycles. The van der Waals surface area contributed by atoms with Crippen molar-refractivity contribution < 1.29 is 4.79 Å². The predicted molar refractivity (Wildman–Crippen MR) is 81.7 cm³/mol. The van der Waals surface area contributed by atoms with Gasteiger partial charge in [-0.15, -0.1) is 11.3 Å². The lowest BCUT2D eigenvalue weighted by Gasteiger charge is -2.02. The van der Waals surface area contributed by atoms with Gasteiger partial charge in [-0.05, 0) is 72.1 Å². The number of hydrogen-bond acceptors (Lipinski definition) is 3. The molecule has 17 heavy (non-hydrogen) atoms. The van der Waals surface area contributed by atoms with E-state index in [2.05, 4.69) is 47.8 Å². The SMILES string of the molecule is Nc1cc(C(=O)c2cc(Br)sc2Br)ccc1Br. The molecule has 1 aromatic carbocycles. The van der Waals surface area contributed by atoms with Crippen molar-refractivity contribution in [2.75, 3.05) is 5.73 Å². The molecule has 1 heterocycles. The Kier molecular flexibility index (Phi) is 4.07. The topological polar surface area (TPSA) is 43.1 Å². The molecule has 2 nitrogen and oxygen atoms in total. The molecule has 2 N–H and O–H groups in total. The zero-order chi connectivity index (χ0) is 12.6. The van der Waals surface area contributed by atoms with Gasteiger partial charge in [0.15, 0.2) is 5.78 Å². The van der Waals surface area contributed by atoms with Gasteiger partial charge in [0.2, 0.25) is 0 Å². The normalized spacial score (nSPS) is 10.5. The summed E-state index contributed by atoms with van der Waals surface area (Å²) in [6.45, 7) is 0. The minimum Gasteiger partial charge on any atom is -0.398 e. The third-order valence-corrected chi connectivity index (χ3v) is 5.22. The highest BCUT2D eigenvalue weighted by Crippen LogP contribution is 2.33. The van der Waals surface area contributed by atoms with Gasteiger partial charge in [0.1, 0.15) is 0 Å². The number of anilines is 1. The highest BCUT2D eigenvalue weighted by molar-refractivity contribution is 9.12. The van der Waals surface area contributed by atoms with Crippen molar-refractivity contribution in [1.29, 1.82) is 0 Å². The second-order valence-corrected chi connectivity index (χ2v) is 7.91. The van der Waals surface area contributed by atoms with Crippen LogP contribution < -0.4 is 5.73 Å². The van der Waals surface area contributed by atoms with Crippen LogP contribution in [0, 0.1) is 0 Å². The first kappa shape index (κ1) is 13.3. The fourth-order valence-corrected chi connectivity index (χ4v) is 4.38. The Morgan fingerprint density at radius 2 is 1.88 bits per heavy atom. The number of carbonyl (C=O) groups is 1. The number of nitrogen functional groups attached to an aromatic ring is 1. The lowest BCUT2D eigenvalue weighted by molar-refractivity contribution is 0.103. The lowest BCUT2D eigenvalue weighted by Crippen LogP contribution is -2.01. The summed E-state index contributed by atoms with van der Waals surface area (Å²) in [4.78, 5) is 12.2. The minimum atomic E-state index is -0.0435. The highest BCUT2D eigenvalue weighted by atomic mass is 79.9. The summed E-state index contributed by atoms with van der Waals surface area (Å²) in [5.41, 5.74) is 7.54. The molecular weight excluding hydrogens is 434 g/mol. The fourth-order valence-electron chi connectivity index (χ4n) is 1.34. The molecule has 6 heteroatoms. The van der Waals surface area contributed by atoms with E-state index in [1.54, 1.807) is 24.3 Å². The molecule has 0 amide bonds. The summed E-state index contributed by atoms with van der Waals surface area (Å²) in [6.07, 6.45) is 0. The molecule has 2 rings (SSSR count). The summed E-state index contributed by atoms with van der Waals surface area (Å²) < 4.78 is 2.52. The van der Waals surface area contributed by atoms with Crippen LogP contribution in [0.3, 0.4) is 0 Å². The van der Waals surface area contributed by atoms with Crippen LogP contribution in [0.2, 0.25) is 0 Å². The second kappa shape index (κ2) is 5.22. The average Bonchev–Trinajstić information content (AvgIpc) is 2.61. The molecule has 0 bridgehead atoms. The summed E-state index contributed by atoms with van der Waals surface area (Å²) in [6, 6.07) is 7.00. The van der Waals surface area contributed by atoms with E-state index in [4.69, 9.17) is 5.73 Å². The first-order valence-corrected chi connectivity index (χ1v) is 7.73. The van der Waals surface area contributed by atoms with Gasteiger partial charge in [0.05, 0.1) is 7.57 Å². The highest BCUT2D eigenvalue weighted by Gasteiger charge is 2.16. The molecule has 0 radical (unpaired) electrons. The van der Waals surface area contributed by atoms with Gasteiger partial charge in [-0.2, -0.15) is 0 Å². The van der Waals surface area contributed by atoms with Crippen molar-refractivity contribution in [3.63, 3.8) is 0 Å². The Balaban J connectivity index is 2.44. The van der Waals surface area contributed by atoms with Crippen molar-refractivity contribution in [2.45, 2.75) is 0 Å². The van der Waals surface area contributed by atoms with Crippen molar-refractivity contribution in [1.82, 2.24) is 0 Å². The Morgan fingerprint density at radius 1 is 1.18 bits per heavy atom. The van der Waals surface area contributed by atoms with E-state index in [9.17, 15) is 4.79 Å². The molecule has 0 unspecified atom stereocenters. The van der Waals surface area contributed by atoms with E-state index in [0.29, 0.717) is 16.8 Å². The van der Waals surface area contributed by atoms with E-state index >= 15 is 0 Å². The van der Waals surface area contributed by atoms with Crippen LogP contribution in [0.1, 0.15) is 15.9 Å². The molecule has 0 saturated carbocycles. The number of ketones is 1. The van der Waals surface area contributed by atoms with Crippen molar-refractivity contribution in [3.8, 4) is 0 Å². The van der Waals surface area contributed by atoms with Gasteiger partial charge in [-0.3, -0.25) is 4.79 Å². The zero-order valence-corrected chi connectivity index (χ0v) is 13.9. The summed E-state index contributed by atoms with van der Waals surface area (Å²) >= 11 is 11.5. The molecule has 0 saturated heterocycles. The van der Waals surface area contributed by atoms with Gasteiger partial charge in [-0.25, -0.2) is 0 Å². The van der Waals surface area contributed by atoms with E-state index in [1.807, 2.05) is 0 Å². The number of benzene rings is 1. The van der Waals surface area contributed by atoms with Crippen molar-refractivity contribution >= 4 is 70.6 Å². The molecule has 0 aliphatic rings. The predicted octanol–water partition coefficient (Wildman–Crippen LogP) is 4.85. The van der Waals surface area contributed by atoms with Crippen LogP contribution in [-0.2, 0) is 0 Å². The molecule has 88 valence electrons.